The first-order chi connectivity index (χ1) is 9.04. The second-order valence-corrected chi connectivity index (χ2v) is 4.02. The summed E-state index contributed by atoms with van der Waals surface area (Å²) in [6, 6.07) is 4.30. The highest BCUT2D eigenvalue weighted by Crippen LogP contribution is 2.15. The fraction of sp³-hybridized carbons (Fsp3) is 0.286. The van der Waals surface area contributed by atoms with E-state index in [2.05, 4.69) is 16.6 Å². The monoisotopic (exact) mass is 260 g/mol. The molecular formula is C14H16N2O3. The van der Waals surface area contributed by atoms with Gasteiger partial charge in [0.2, 0.25) is 0 Å². The van der Waals surface area contributed by atoms with E-state index in [1.165, 1.54) is 6.07 Å². The molecule has 0 saturated heterocycles. The van der Waals surface area contributed by atoms with E-state index < -0.39 is 5.97 Å². The summed E-state index contributed by atoms with van der Waals surface area (Å²) in [6.45, 7) is 2.18. The van der Waals surface area contributed by atoms with Gasteiger partial charge in [-0.05, 0) is 37.1 Å². The number of benzene rings is 1. The van der Waals surface area contributed by atoms with E-state index in [-0.39, 0.29) is 11.6 Å². The Morgan fingerprint density at radius 3 is 2.74 bits per heavy atom. The molecule has 1 rings (SSSR count). The molecule has 1 aromatic rings. The minimum atomic E-state index is -0.984. The van der Waals surface area contributed by atoms with Crippen LogP contribution in [-0.2, 0) is 0 Å². The number of hydrogen-bond donors (Lipinski definition) is 3. The predicted octanol–water partition coefficient (Wildman–Crippen LogP) is 2.23. The Kier molecular flexibility index (Phi) is 5.42. The number of aryl methyl sites for hydroxylation is 1. The van der Waals surface area contributed by atoms with E-state index in [9.17, 15) is 9.59 Å². The van der Waals surface area contributed by atoms with Gasteiger partial charge in [-0.15, -0.1) is 12.3 Å². The highest BCUT2D eigenvalue weighted by molar-refractivity contribution is 5.92. The molecule has 0 unspecified atom stereocenters. The summed E-state index contributed by atoms with van der Waals surface area (Å²) >= 11 is 0. The quantitative estimate of drug-likeness (QED) is 0.561. The van der Waals surface area contributed by atoms with Crippen LogP contribution in [0.4, 0.5) is 10.5 Å². The van der Waals surface area contributed by atoms with Gasteiger partial charge >= 0.3 is 12.0 Å². The first kappa shape index (κ1) is 14.6. The van der Waals surface area contributed by atoms with Crippen LogP contribution in [0.2, 0.25) is 0 Å². The van der Waals surface area contributed by atoms with Crippen molar-refractivity contribution >= 4 is 17.7 Å². The van der Waals surface area contributed by atoms with E-state index in [4.69, 9.17) is 11.5 Å². The molecule has 0 heterocycles. The number of carboxylic acids is 1. The maximum absolute atomic E-state index is 11.5. The second kappa shape index (κ2) is 7.07. The van der Waals surface area contributed by atoms with Gasteiger partial charge in [-0.3, -0.25) is 0 Å². The minimum absolute atomic E-state index is 0.222. The molecular weight excluding hydrogens is 244 g/mol. The Bertz CT molecular complexity index is 518. The van der Waals surface area contributed by atoms with Gasteiger partial charge in [0.25, 0.3) is 0 Å². The summed E-state index contributed by atoms with van der Waals surface area (Å²) in [5.74, 6) is 1.50. The molecule has 0 aliphatic heterocycles. The predicted molar refractivity (Wildman–Crippen MR) is 73.2 cm³/mol. The standard InChI is InChI=1S/C14H16N2O3/c1-3-4-5-8-15-14(19)16-11-6-7-12(13(17)18)10(2)9-11/h1,6-7,9H,4-5,8H2,2H3,(H,17,18)(H2,15,16,19). The number of nitrogens with one attached hydrogen (secondary N) is 2. The Morgan fingerprint density at radius 2 is 2.16 bits per heavy atom. The van der Waals surface area contributed by atoms with Crippen molar-refractivity contribution in [2.24, 2.45) is 0 Å². The first-order valence-electron chi connectivity index (χ1n) is 5.87. The fourth-order valence-corrected chi connectivity index (χ4v) is 1.55. The molecule has 100 valence electrons. The van der Waals surface area contributed by atoms with Crippen molar-refractivity contribution in [2.75, 3.05) is 11.9 Å². The molecule has 19 heavy (non-hydrogen) atoms. The molecule has 0 radical (unpaired) electrons. The molecule has 0 atom stereocenters. The molecule has 0 aliphatic carbocycles. The summed E-state index contributed by atoms with van der Waals surface area (Å²) in [6.07, 6.45) is 6.44. The zero-order valence-corrected chi connectivity index (χ0v) is 10.7. The Balaban J connectivity index is 2.54. The average molecular weight is 260 g/mol. The first-order valence-corrected chi connectivity index (χ1v) is 5.87. The number of terminal acetylenes is 1. The van der Waals surface area contributed by atoms with Crippen molar-refractivity contribution in [3.63, 3.8) is 0 Å². The summed E-state index contributed by atoms with van der Waals surface area (Å²) in [5.41, 5.74) is 1.37. The molecule has 0 bridgehead atoms. The van der Waals surface area contributed by atoms with Gasteiger partial charge < -0.3 is 15.7 Å². The van der Waals surface area contributed by atoms with Gasteiger partial charge in [-0.25, -0.2) is 9.59 Å². The fourth-order valence-electron chi connectivity index (χ4n) is 1.55. The molecule has 3 N–H and O–H groups in total. The van der Waals surface area contributed by atoms with Gasteiger partial charge in [-0.1, -0.05) is 0 Å². The number of carboxylic acid groups (broad SMARTS) is 1. The maximum Gasteiger partial charge on any atom is 0.335 e. The molecule has 0 aromatic heterocycles. The highest BCUT2D eigenvalue weighted by atomic mass is 16.4. The number of rotatable bonds is 5. The van der Waals surface area contributed by atoms with E-state index >= 15 is 0 Å². The lowest BCUT2D eigenvalue weighted by molar-refractivity contribution is 0.0696. The van der Waals surface area contributed by atoms with E-state index in [1.807, 2.05) is 0 Å². The average Bonchev–Trinajstić information content (AvgIpc) is 2.34. The van der Waals surface area contributed by atoms with Crippen LogP contribution < -0.4 is 10.6 Å². The molecule has 1 aromatic carbocycles. The lowest BCUT2D eigenvalue weighted by atomic mass is 10.1. The van der Waals surface area contributed by atoms with Crippen LogP contribution in [0.25, 0.3) is 0 Å². The summed E-state index contributed by atoms with van der Waals surface area (Å²) in [7, 11) is 0. The third kappa shape index (κ3) is 4.72. The number of urea groups is 1. The van der Waals surface area contributed by atoms with Crippen LogP contribution >= 0.6 is 0 Å². The van der Waals surface area contributed by atoms with Gasteiger partial charge in [0.15, 0.2) is 0 Å². The van der Waals surface area contributed by atoms with E-state index in [1.54, 1.807) is 19.1 Å². The zero-order valence-electron chi connectivity index (χ0n) is 10.7. The molecule has 5 nitrogen and oxygen atoms in total. The van der Waals surface area contributed by atoms with Gasteiger partial charge in [0.1, 0.15) is 0 Å². The SMILES string of the molecule is C#CCCCNC(=O)Nc1ccc(C(=O)O)c(C)c1. The molecule has 0 aliphatic rings. The topological polar surface area (TPSA) is 78.4 Å². The van der Waals surface area contributed by atoms with Gasteiger partial charge in [-0.2, -0.15) is 0 Å². The Morgan fingerprint density at radius 1 is 1.42 bits per heavy atom. The largest absolute Gasteiger partial charge is 0.478 e. The molecule has 2 amide bonds. The van der Waals surface area contributed by atoms with Crippen LogP contribution in [-0.4, -0.2) is 23.7 Å². The van der Waals surface area contributed by atoms with Crippen molar-refractivity contribution in [3.8, 4) is 12.3 Å². The van der Waals surface area contributed by atoms with Crippen molar-refractivity contribution < 1.29 is 14.7 Å². The number of hydrogen-bond acceptors (Lipinski definition) is 2. The Labute approximate surface area is 112 Å². The second-order valence-electron chi connectivity index (χ2n) is 4.02. The third-order valence-corrected chi connectivity index (χ3v) is 2.50. The summed E-state index contributed by atoms with van der Waals surface area (Å²) in [4.78, 5) is 22.4. The number of aromatic carboxylic acids is 1. The molecule has 0 saturated carbocycles. The normalized spacial score (nSPS) is 9.47. The lowest BCUT2D eigenvalue weighted by Crippen LogP contribution is -2.29. The van der Waals surface area contributed by atoms with Crippen LogP contribution in [0, 0.1) is 19.3 Å². The van der Waals surface area contributed by atoms with Crippen LogP contribution in [0.5, 0.6) is 0 Å². The summed E-state index contributed by atoms with van der Waals surface area (Å²) < 4.78 is 0. The molecule has 0 fully saturated rings. The Hall–Kier alpha value is -2.48. The maximum atomic E-state index is 11.5. The van der Waals surface area contributed by atoms with Gasteiger partial charge in [0, 0.05) is 18.7 Å². The number of unbranched alkanes of at least 4 members (excludes halogenated alkanes) is 1. The molecule has 0 spiro atoms. The van der Waals surface area contributed by atoms with Crippen LogP contribution in [0.15, 0.2) is 18.2 Å². The number of carbonyl (C=O) groups is 2. The van der Waals surface area contributed by atoms with Crippen molar-refractivity contribution in [2.45, 2.75) is 19.8 Å². The number of carbonyl (C=O) groups excluding carboxylic acids is 1. The smallest absolute Gasteiger partial charge is 0.335 e. The molecule has 5 heteroatoms. The van der Waals surface area contributed by atoms with E-state index in [0.29, 0.717) is 24.2 Å². The number of anilines is 1. The summed E-state index contributed by atoms with van der Waals surface area (Å²) in [5, 5.41) is 14.2. The van der Waals surface area contributed by atoms with Crippen molar-refractivity contribution in [3.05, 3.63) is 29.3 Å². The minimum Gasteiger partial charge on any atom is -0.478 e. The number of amides is 2. The zero-order chi connectivity index (χ0) is 14.3. The van der Waals surface area contributed by atoms with Crippen molar-refractivity contribution in [1.82, 2.24) is 5.32 Å². The highest BCUT2D eigenvalue weighted by Gasteiger charge is 2.08. The van der Waals surface area contributed by atoms with E-state index in [0.717, 1.165) is 6.42 Å². The third-order valence-electron chi connectivity index (χ3n) is 2.50. The van der Waals surface area contributed by atoms with Crippen LogP contribution in [0.1, 0.15) is 28.8 Å². The van der Waals surface area contributed by atoms with Crippen LogP contribution in [0.3, 0.4) is 0 Å². The van der Waals surface area contributed by atoms with Crippen molar-refractivity contribution in [1.29, 1.82) is 0 Å². The van der Waals surface area contributed by atoms with Gasteiger partial charge in [0.05, 0.1) is 5.56 Å². The lowest BCUT2D eigenvalue weighted by Gasteiger charge is -2.08.